The van der Waals surface area contributed by atoms with Crippen molar-refractivity contribution in [1.82, 2.24) is 4.98 Å². The number of aryl methyl sites for hydroxylation is 1. The van der Waals surface area contributed by atoms with E-state index in [2.05, 4.69) is 24.9 Å². The minimum atomic E-state index is -0.384. The summed E-state index contributed by atoms with van der Waals surface area (Å²) in [4.78, 5) is 4.46. The second-order valence-electron chi connectivity index (χ2n) is 4.74. The highest BCUT2D eigenvalue weighted by Gasteiger charge is 2.14. The molecule has 2 atom stereocenters. The Kier molecular flexibility index (Phi) is 3.43. The number of aliphatic hydroxyl groups is 1. The van der Waals surface area contributed by atoms with Crippen molar-refractivity contribution in [3.05, 3.63) is 41.6 Å². The third-order valence-electron chi connectivity index (χ3n) is 3.38. The molecular weight excluding hydrogens is 210 g/mol. The van der Waals surface area contributed by atoms with Crippen LogP contribution in [0, 0.1) is 12.8 Å². The summed E-state index contributed by atoms with van der Waals surface area (Å²) in [6.07, 6.45) is 0.594. The predicted octanol–water partition coefficient (Wildman–Crippen LogP) is 3.62. The van der Waals surface area contributed by atoms with Crippen LogP contribution in [0.2, 0.25) is 0 Å². The zero-order valence-electron chi connectivity index (χ0n) is 10.6. The molecule has 2 heteroatoms. The van der Waals surface area contributed by atoms with Gasteiger partial charge in [-0.25, -0.2) is 0 Å². The molecule has 0 bridgehead atoms. The Bertz CT molecular complexity index is 521. The van der Waals surface area contributed by atoms with E-state index in [9.17, 15) is 5.11 Å². The van der Waals surface area contributed by atoms with Crippen LogP contribution in [0.4, 0.5) is 0 Å². The molecule has 1 aromatic heterocycles. The summed E-state index contributed by atoms with van der Waals surface area (Å²) in [5.74, 6) is 0.283. The van der Waals surface area contributed by atoms with Crippen LogP contribution in [-0.4, -0.2) is 10.1 Å². The van der Waals surface area contributed by atoms with E-state index in [4.69, 9.17) is 0 Å². The summed E-state index contributed by atoms with van der Waals surface area (Å²) in [7, 11) is 0. The number of hydrogen-bond donors (Lipinski definition) is 1. The Morgan fingerprint density at radius 1 is 1.24 bits per heavy atom. The van der Waals surface area contributed by atoms with E-state index in [-0.39, 0.29) is 12.0 Å². The number of pyridine rings is 1. The fourth-order valence-electron chi connectivity index (χ4n) is 1.98. The summed E-state index contributed by atoms with van der Waals surface area (Å²) in [5.41, 5.74) is 3.00. The molecule has 0 aliphatic carbocycles. The van der Waals surface area contributed by atoms with Gasteiger partial charge in [-0.15, -0.1) is 0 Å². The van der Waals surface area contributed by atoms with E-state index in [0.717, 1.165) is 28.6 Å². The Labute approximate surface area is 102 Å². The smallest absolute Gasteiger partial charge is 0.0815 e. The molecule has 1 N–H and O–H groups in total. The van der Waals surface area contributed by atoms with Crippen LogP contribution in [0.25, 0.3) is 10.9 Å². The lowest BCUT2D eigenvalue weighted by Crippen LogP contribution is -2.07. The summed E-state index contributed by atoms with van der Waals surface area (Å²) in [5, 5.41) is 11.3. The van der Waals surface area contributed by atoms with Crippen LogP contribution in [-0.2, 0) is 0 Å². The summed E-state index contributed by atoms with van der Waals surface area (Å²) in [6.45, 7) is 6.16. The van der Waals surface area contributed by atoms with Crippen molar-refractivity contribution in [2.45, 2.75) is 33.3 Å². The lowest BCUT2D eigenvalue weighted by Gasteiger charge is -2.17. The van der Waals surface area contributed by atoms with Gasteiger partial charge >= 0.3 is 0 Å². The van der Waals surface area contributed by atoms with Gasteiger partial charge in [0.25, 0.3) is 0 Å². The Morgan fingerprint density at radius 2 is 2.00 bits per heavy atom. The fraction of sp³-hybridized carbons (Fsp3) is 0.400. The molecule has 90 valence electrons. The molecule has 0 saturated heterocycles. The minimum absolute atomic E-state index is 0.283. The molecule has 0 spiro atoms. The van der Waals surface area contributed by atoms with Crippen LogP contribution in [0.5, 0.6) is 0 Å². The predicted molar refractivity (Wildman–Crippen MR) is 70.9 cm³/mol. The topological polar surface area (TPSA) is 33.1 Å². The number of rotatable bonds is 3. The van der Waals surface area contributed by atoms with Gasteiger partial charge in [0.1, 0.15) is 0 Å². The van der Waals surface area contributed by atoms with Crippen LogP contribution in [0.15, 0.2) is 30.3 Å². The number of nitrogens with zero attached hydrogens (tertiary/aromatic N) is 1. The number of benzene rings is 1. The third kappa shape index (κ3) is 2.47. The van der Waals surface area contributed by atoms with Crippen molar-refractivity contribution < 1.29 is 5.11 Å². The van der Waals surface area contributed by atoms with E-state index in [0.29, 0.717) is 0 Å². The lowest BCUT2D eigenvalue weighted by atomic mass is 9.94. The van der Waals surface area contributed by atoms with Crippen LogP contribution >= 0.6 is 0 Å². The molecule has 0 fully saturated rings. The van der Waals surface area contributed by atoms with Gasteiger partial charge in [0.05, 0.1) is 11.6 Å². The monoisotopic (exact) mass is 229 g/mol. The van der Waals surface area contributed by atoms with Gasteiger partial charge in [-0.3, -0.25) is 4.98 Å². The average molecular weight is 229 g/mol. The molecule has 0 aliphatic rings. The quantitative estimate of drug-likeness (QED) is 0.872. The van der Waals surface area contributed by atoms with Crippen LogP contribution in [0.3, 0.4) is 0 Å². The molecular formula is C15H19NO. The molecule has 0 saturated carbocycles. The van der Waals surface area contributed by atoms with Gasteiger partial charge in [-0.05, 0) is 36.6 Å². The van der Waals surface area contributed by atoms with E-state index in [1.165, 1.54) is 0 Å². The first-order chi connectivity index (χ1) is 8.11. The molecule has 17 heavy (non-hydrogen) atoms. The summed E-state index contributed by atoms with van der Waals surface area (Å²) >= 11 is 0. The minimum Gasteiger partial charge on any atom is -0.388 e. The van der Waals surface area contributed by atoms with Crippen molar-refractivity contribution in [1.29, 1.82) is 0 Å². The normalized spacial score (nSPS) is 14.8. The van der Waals surface area contributed by atoms with Gasteiger partial charge in [0.2, 0.25) is 0 Å². The van der Waals surface area contributed by atoms with Gasteiger partial charge in [-0.2, -0.15) is 0 Å². The maximum absolute atomic E-state index is 10.2. The van der Waals surface area contributed by atoms with Crippen molar-refractivity contribution in [2.75, 3.05) is 0 Å². The number of aromatic nitrogens is 1. The van der Waals surface area contributed by atoms with E-state index in [1.807, 2.05) is 31.2 Å². The van der Waals surface area contributed by atoms with Crippen LogP contribution < -0.4 is 0 Å². The highest BCUT2D eigenvalue weighted by atomic mass is 16.3. The van der Waals surface area contributed by atoms with Crippen molar-refractivity contribution in [2.24, 2.45) is 5.92 Å². The molecule has 1 heterocycles. The molecule has 0 aliphatic heterocycles. The third-order valence-corrected chi connectivity index (χ3v) is 3.38. The van der Waals surface area contributed by atoms with Gasteiger partial charge in [0.15, 0.2) is 0 Å². The largest absolute Gasteiger partial charge is 0.388 e. The molecule has 2 aromatic rings. The Morgan fingerprint density at radius 3 is 2.71 bits per heavy atom. The lowest BCUT2D eigenvalue weighted by molar-refractivity contribution is 0.115. The summed E-state index contributed by atoms with van der Waals surface area (Å²) < 4.78 is 0. The van der Waals surface area contributed by atoms with Crippen molar-refractivity contribution >= 4 is 10.9 Å². The van der Waals surface area contributed by atoms with Gasteiger partial charge in [0, 0.05) is 11.1 Å². The summed E-state index contributed by atoms with van der Waals surface area (Å²) in [6, 6.07) is 10.1. The van der Waals surface area contributed by atoms with Gasteiger partial charge < -0.3 is 5.11 Å². The molecule has 0 amide bonds. The van der Waals surface area contributed by atoms with E-state index < -0.39 is 0 Å². The van der Waals surface area contributed by atoms with Crippen molar-refractivity contribution in [3.63, 3.8) is 0 Å². The first-order valence-corrected chi connectivity index (χ1v) is 6.17. The molecule has 0 radical (unpaired) electrons. The van der Waals surface area contributed by atoms with Crippen molar-refractivity contribution in [3.8, 4) is 0 Å². The first-order valence-electron chi connectivity index (χ1n) is 6.17. The molecule has 2 rings (SSSR count). The Balaban J connectivity index is 2.41. The Hall–Kier alpha value is -1.41. The fourth-order valence-corrected chi connectivity index (χ4v) is 1.98. The average Bonchev–Trinajstić information content (AvgIpc) is 2.36. The number of aliphatic hydroxyl groups excluding tert-OH is 1. The second-order valence-corrected chi connectivity index (χ2v) is 4.74. The number of hydrogen-bond acceptors (Lipinski definition) is 2. The maximum atomic E-state index is 10.2. The zero-order valence-corrected chi connectivity index (χ0v) is 10.6. The second kappa shape index (κ2) is 4.84. The van der Waals surface area contributed by atoms with Gasteiger partial charge in [-0.1, -0.05) is 32.4 Å². The number of fused-ring (bicyclic) bond motifs is 1. The zero-order chi connectivity index (χ0) is 12.4. The molecule has 2 unspecified atom stereocenters. The highest BCUT2D eigenvalue weighted by Crippen LogP contribution is 2.26. The standard InChI is InChI=1S/C15H19NO/c1-4-10(2)15(17)13-7-8-14-12(9-13)6-5-11(3)16-14/h5-10,15,17H,4H2,1-3H3. The molecule has 1 aromatic carbocycles. The molecule has 2 nitrogen and oxygen atoms in total. The van der Waals surface area contributed by atoms with E-state index in [1.54, 1.807) is 0 Å². The highest BCUT2D eigenvalue weighted by molar-refractivity contribution is 5.79. The maximum Gasteiger partial charge on any atom is 0.0815 e. The first kappa shape index (κ1) is 12.1. The van der Waals surface area contributed by atoms with E-state index >= 15 is 0 Å². The SMILES string of the molecule is CCC(C)C(O)c1ccc2nc(C)ccc2c1. The van der Waals surface area contributed by atoms with Crippen LogP contribution in [0.1, 0.15) is 37.6 Å².